The van der Waals surface area contributed by atoms with Gasteiger partial charge in [-0.3, -0.25) is 0 Å². The molecule has 0 amide bonds. The molecule has 1 fully saturated rings. The summed E-state index contributed by atoms with van der Waals surface area (Å²) in [6.07, 6.45) is 3.48. The lowest BCUT2D eigenvalue weighted by molar-refractivity contribution is -0.170. The van der Waals surface area contributed by atoms with E-state index in [1.165, 1.54) is 0 Å². The third-order valence-corrected chi connectivity index (χ3v) is 3.07. The quantitative estimate of drug-likeness (QED) is 0.668. The van der Waals surface area contributed by atoms with Crippen molar-refractivity contribution in [1.82, 2.24) is 0 Å². The van der Waals surface area contributed by atoms with Gasteiger partial charge in [0.25, 0.3) is 0 Å². The van der Waals surface area contributed by atoms with Crippen molar-refractivity contribution in [3.05, 3.63) is 0 Å². The minimum Gasteiger partial charge on any atom is -0.478 e. The van der Waals surface area contributed by atoms with Gasteiger partial charge in [-0.05, 0) is 19.8 Å². The largest absolute Gasteiger partial charge is 0.478 e. The Bertz CT molecular complexity index is 274. The molecule has 0 saturated heterocycles. The minimum absolute atomic E-state index is 0.00116. The van der Waals surface area contributed by atoms with Crippen molar-refractivity contribution in [3.8, 4) is 0 Å². The van der Waals surface area contributed by atoms with Crippen LogP contribution < -0.4 is 0 Å². The normalized spacial score (nSPS) is 37.6. The van der Waals surface area contributed by atoms with Crippen LogP contribution in [0.3, 0.4) is 0 Å². The fraction of sp³-hybridized carbons (Fsp3) is 0.778. The van der Waals surface area contributed by atoms with E-state index in [2.05, 4.69) is 5.16 Å². The number of nitrogens with zero attached hydrogens (tertiary/aromatic N) is 1. The van der Waals surface area contributed by atoms with Gasteiger partial charge >= 0.3 is 5.97 Å². The molecule has 0 spiro atoms. The highest BCUT2D eigenvalue weighted by Gasteiger charge is 2.54. The number of carbonyl (C=O) groups is 1. The predicted octanol–water partition coefficient (Wildman–Crippen LogP) is 1.41. The van der Waals surface area contributed by atoms with Crippen molar-refractivity contribution >= 4 is 11.7 Å². The van der Waals surface area contributed by atoms with Crippen LogP contribution in [-0.4, -0.2) is 22.4 Å². The van der Waals surface area contributed by atoms with Gasteiger partial charge in [0.05, 0.1) is 11.6 Å². The van der Waals surface area contributed by atoms with Crippen molar-refractivity contribution in [2.24, 2.45) is 11.1 Å². The molecule has 1 N–H and O–H groups in total. The molecule has 4 nitrogen and oxygen atoms in total. The monoisotopic (exact) mass is 183 g/mol. The average molecular weight is 183 g/mol. The second-order valence-electron chi connectivity index (χ2n) is 3.82. The van der Waals surface area contributed by atoms with Crippen LogP contribution in [-0.2, 0) is 9.63 Å². The summed E-state index contributed by atoms with van der Waals surface area (Å²) < 4.78 is 0. The molecule has 0 aromatic heterocycles. The Hall–Kier alpha value is -1.06. The number of rotatable bonds is 1. The molecule has 2 rings (SSSR count). The number of hydrogen-bond acceptors (Lipinski definition) is 3. The average Bonchev–Trinajstić information content (AvgIpc) is 2.46. The van der Waals surface area contributed by atoms with E-state index in [0.717, 1.165) is 25.0 Å². The molecule has 2 unspecified atom stereocenters. The van der Waals surface area contributed by atoms with Crippen LogP contribution in [0.2, 0.25) is 0 Å². The van der Waals surface area contributed by atoms with E-state index < -0.39 is 11.6 Å². The molecule has 0 bridgehead atoms. The van der Waals surface area contributed by atoms with Gasteiger partial charge in [0.15, 0.2) is 0 Å². The molecule has 2 aliphatic rings. The molecule has 0 aromatic carbocycles. The highest BCUT2D eigenvalue weighted by molar-refractivity contribution is 5.94. The van der Waals surface area contributed by atoms with Crippen LogP contribution in [0.15, 0.2) is 5.16 Å². The summed E-state index contributed by atoms with van der Waals surface area (Å²) in [5.74, 6) is -0.864. The number of carboxylic acid groups (broad SMARTS) is 1. The van der Waals surface area contributed by atoms with Gasteiger partial charge in [-0.25, -0.2) is 4.79 Å². The van der Waals surface area contributed by atoms with Crippen molar-refractivity contribution in [3.63, 3.8) is 0 Å². The van der Waals surface area contributed by atoms with E-state index >= 15 is 0 Å². The van der Waals surface area contributed by atoms with Gasteiger partial charge in [0.2, 0.25) is 5.60 Å². The number of aliphatic carboxylic acids is 1. The van der Waals surface area contributed by atoms with E-state index in [0.29, 0.717) is 6.42 Å². The van der Waals surface area contributed by atoms with Crippen molar-refractivity contribution in [1.29, 1.82) is 0 Å². The van der Waals surface area contributed by atoms with E-state index in [-0.39, 0.29) is 5.92 Å². The number of carboxylic acids is 1. The first-order valence-electron chi connectivity index (χ1n) is 4.63. The van der Waals surface area contributed by atoms with Gasteiger partial charge in [0.1, 0.15) is 0 Å². The highest BCUT2D eigenvalue weighted by atomic mass is 16.7. The maximum absolute atomic E-state index is 11.1. The summed E-state index contributed by atoms with van der Waals surface area (Å²) in [5, 5.41) is 12.9. The molecule has 13 heavy (non-hydrogen) atoms. The number of fused-ring (bicyclic) bond motifs is 1. The SMILES string of the molecule is CC1=NOC2(C(=O)O)CCCCC12. The Morgan fingerprint density at radius 3 is 3.08 bits per heavy atom. The van der Waals surface area contributed by atoms with Crippen LogP contribution in [0.1, 0.15) is 32.6 Å². The number of hydrogen-bond donors (Lipinski definition) is 1. The molecule has 0 radical (unpaired) electrons. The molecule has 1 saturated carbocycles. The smallest absolute Gasteiger partial charge is 0.351 e. The summed E-state index contributed by atoms with van der Waals surface area (Å²) in [6, 6.07) is 0. The maximum Gasteiger partial charge on any atom is 0.351 e. The summed E-state index contributed by atoms with van der Waals surface area (Å²) >= 11 is 0. The van der Waals surface area contributed by atoms with Crippen molar-refractivity contribution < 1.29 is 14.7 Å². The molecule has 72 valence electrons. The van der Waals surface area contributed by atoms with Gasteiger partial charge in [-0.2, -0.15) is 0 Å². The molecule has 1 aliphatic heterocycles. The van der Waals surface area contributed by atoms with Gasteiger partial charge in [-0.1, -0.05) is 11.6 Å². The van der Waals surface area contributed by atoms with Crippen LogP contribution in [0.25, 0.3) is 0 Å². The molecule has 1 heterocycles. The lowest BCUT2D eigenvalue weighted by atomic mass is 9.74. The third-order valence-electron chi connectivity index (χ3n) is 3.07. The molecule has 4 heteroatoms. The molecule has 2 atom stereocenters. The van der Waals surface area contributed by atoms with Crippen LogP contribution in [0.4, 0.5) is 0 Å². The maximum atomic E-state index is 11.1. The van der Waals surface area contributed by atoms with Gasteiger partial charge in [0, 0.05) is 6.42 Å². The lowest BCUT2D eigenvalue weighted by Crippen LogP contribution is -2.48. The fourth-order valence-electron chi connectivity index (χ4n) is 2.31. The first-order valence-corrected chi connectivity index (χ1v) is 4.63. The third kappa shape index (κ3) is 1.04. The van der Waals surface area contributed by atoms with Crippen LogP contribution in [0, 0.1) is 5.92 Å². The van der Waals surface area contributed by atoms with Crippen molar-refractivity contribution in [2.45, 2.75) is 38.2 Å². The second kappa shape index (κ2) is 2.72. The summed E-state index contributed by atoms with van der Waals surface area (Å²) in [6.45, 7) is 1.85. The summed E-state index contributed by atoms with van der Waals surface area (Å²) in [4.78, 5) is 16.2. The molecular weight excluding hydrogens is 170 g/mol. The van der Waals surface area contributed by atoms with Crippen LogP contribution in [0.5, 0.6) is 0 Å². The van der Waals surface area contributed by atoms with E-state index in [4.69, 9.17) is 9.94 Å². The van der Waals surface area contributed by atoms with Crippen molar-refractivity contribution in [2.75, 3.05) is 0 Å². The van der Waals surface area contributed by atoms with E-state index in [1.807, 2.05) is 6.92 Å². The van der Waals surface area contributed by atoms with E-state index in [1.54, 1.807) is 0 Å². The first kappa shape index (κ1) is 8.53. The zero-order valence-electron chi connectivity index (χ0n) is 7.62. The van der Waals surface area contributed by atoms with Crippen LogP contribution >= 0.6 is 0 Å². The molecular formula is C9H13NO3. The van der Waals surface area contributed by atoms with Gasteiger partial charge < -0.3 is 9.94 Å². The zero-order chi connectivity index (χ0) is 9.47. The van der Waals surface area contributed by atoms with E-state index in [9.17, 15) is 4.79 Å². The topological polar surface area (TPSA) is 58.9 Å². The predicted molar refractivity (Wildman–Crippen MR) is 46.5 cm³/mol. The zero-order valence-corrected chi connectivity index (χ0v) is 7.62. The second-order valence-corrected chi connectivity index (χ2v) is 3.82. The van der Waals surface area contributed by atoms with Gasteiger partial charge in [-0.15, -0.1) is 0 Å². The number of oxime groups is 1. The standard InChI is InChI=1S/C9H13NO3/c1-6-7-4-2-3-5-9(7,8(11)12)13-10-6/h7H,2-5H2,1H3,(H,11,12). The summed E-state index contributed by atoms with van der Waals surface area (Å²) in [5.41, 5.74) is -0.190. The Kier molecular flexibility index (Phi) is 1.78. The first-order chi connectivity index (χ1) is 6.17. The lowest BCUT2D eigenvalue weighted by Gasteiger charge is -2.32. The summed E-state index contributed by atoms with van der Waals surface area (Å²) in [7, 11) is 0. The minimum atomic E-state index is -1.03. The Morgan fingerprint density at radius 2 is 2.46 bits per heavy atom. The Balaban J connectivity index is 2.30. The Labute approximate surface area is 76.6 Å². The molecule has 0 aromatic rings. The Morgan fingerprint density at radius 1 is 1.69 bits per heavy atom. The molecule has 1 aliphatic carbocycles. The highest BCUT2D eigenvalue weighted by Crippen LogP contribution is 2.41. The fourth-order valence-corrected chi connectivity index (χ4v) is 2.31.